The van der Waals surface area contributed by atoms with Crippen LogP contribution in [-0.2, 0) is 4.74 Å². The number of hydrogen-bond acceptors (Lipinski definition) is 9. The Bertz CT molecular complexity index is 670. The number of fused-ring (bicyclic) bond motifs is 1. The zero-order valence-corrected chi connectivity index (χ0v) is 14.1. The SMILES string of the molecule is CCCSSc1ncnc2c1ncn2[C@@H]1O[C@H](CO)[C@@H](O)[C@H]1O. The Hall–Kier alpha value is -0.910. The summed E-state index contributed by atoms with van der Waals surface area (Å²) in [6, 6.07) is 0. The molecule has 3 N–H and O–H groups in total. The predicted octanol–water partition coefficient (Wildman–Crippen LogP) is 0.588. The van der Waals surface area contributed by atoms with E-state index in [1.807, 2.05) is 0 Å². The minimum atomic E-state index is -1.16. The van der Waals surface area contributed by atoms with Gasteiger partial charge in [0.2, 0.25) is 0 Å². The zero-order chi connectivity index (χ0) is 16.4. The first-order chi connectivity index (χ1) is 11.2. The van der Waals surface area contributed by atoms with E-state index in [9.17, 15) is 15.3 Å². The molecule has 3 rings (SSSR count). The minimum absolute atomic E-state index is 0.370. The molecule has 0 saturated carbocycles. The van der Waals surface area contributed by atoms with Crippen LogP contribution in [-0.4, -0.2) is 65.5 Å². The first kappa shape index (κ1) is 16.9. The Morgan fingerprint density at radius 1 is 1.26 bits per heavy atom. The maximum atomic E-state index is 10.1. The summed E-state index contributed by atoms with van der Waals surface area (Å²) >= 11 is 0. The van der Waals surface area contributed by atoms with Crippen molar-refractivity contribution >= 4 is 32.8 Å². The summed E-state index contributed by atoms with van der Waals surface area (Å²) < 4.78 is 7.09. The quantitative estimate of drug-likeness (QED) is 0.388. The molecule has 8 nitrogen and oxygen atoms in total. The summed E-state index contributed by atoms with van der Waals surface area (Å²) in [5, 5.41) is 30.0. The van der Waals surface area contributed by atoms with Gasteiger partial charge in [0.1, 0.15) is 35.2 Å². The number of aliphatic hydroxyl groups excluding tert-OH is 3. The molecule has 1 saturated heterocycles. The summed E-state index contributed by atoms with van der Waals surface area (Å²) in [7, 11) is 3.22. The van der Waals surface area contributed by atoms with Gasteiger partial charge in [-0.1, -0.05) is 17.7 Å². The third-order valence-electron chi connectivity index (χ3n) is 3.54. The highest BCUT2D eigenvalue weighted by atomic mass is 33.1. The van der Waals surface area contributed by atoms with Crippen molar-refractivity contribution in [3.05, 3.63) is 12.7 Å². The average molecular weight is 358 g/mol. The lowest BCUT2D eigenvalue weighted by Crippen LogP contribution is -2.33. The van der Waals surface area contributed by atoms with Gasteiger partial charge in [-0.2, -0.15) is 0 Å². The van der Waals surface area contributed by atoms with E-state index >= 15 is 0 Å². The van der Waals surface area contributed by atoms with Crippen LogP contribution in [0.3, 0.4) is 0 Å². The van der Waals surface area contributed by atoms with E-state index in [-0.39, 0.29) is 6.61 Å². The molecule has 2 aromatic heterocycles. The molecule has 10 heteroatoms. The lowest BCUT2D eigenvalue weighted by atomic mass is 10.1. The van der Waals surface area contributed by atoms with Gasteiger partial charge in [0.25, 0.3) is 0 Å². The van der Waals surface area contributed by atoms with Gasteiger partial charge in [0.15, 0.2) is 11.9 Å². The van der Waals surface area contributed by atoms with Crippen molar-refractivity contribution < 1.29 is 20.1 Å². The van der Waals surface area contributed by atoms with E-state index in [1.54, 1.807) is 15.4 Å². The van der Waals surface area contributed by atoms with E-state index in [2.05, 4.69) is 21.9 Å². The number of hydrogen-bond donors (Lipinski definition) is 3. The van der Waals surface area contributed by atoms with E-state index in [1.165, 1.54) is 23.4 Å². The lowest BCUT2D eigenvalue weighted by Gasteiger charge is -2.16. The van der Waals surface area contributed by atoms with Crippen molar-refractivity contribution in [1.29, 1.82) is 0 Å². The van der Waals surface area contributed by atoms with Gasteiger partial charge in [-0.15, -0.1) is 0 Å². The second-order valence-electron chi connectivity index (χ2n) is 5.14. The van der Waals surface area contributed by atoms with Gasteiger partial charge in [0, 0.05) is 5.75 Å². The lowest BCUT2D eigenvalue weighted by molar-refractivity contribution is -0.0511. The molecule has 23 heavy (non-hydrogen) atoms. The zero-order valence-electron chi connectivity index (χ0n) is 12.4. The molecule has 1 aliphatic rings. The fourth-order valence-corrected chi connectivity index (χ4v) is 4.49. The monoisotopic (exact) mass is 358 g/mol. The molecule has 0 spiro atoms. The van der Waals surface area contributed by atoms with Crippen molar-refractivity contribution in [1.82, 2.24) is 19.5 Å². The number of imidazole rings is 1. The van der Waals surface area contributed by atoms with Crippen LogP contribution >= 0.6 is 21.6 Å². The molecular weight excluding hydrogens is 340 g/mol. The van der Waals surface area contributed by atoms with Crippen LogP contribution in [0, 0.1) is 0 Å². The van der Waals surface area contributed by atoms with Crippen LogP contribution in [0.1, 0.15) is 19.6 Å². The highest BCUT2D eigenvalue weighted by Crippen LogP contribution is 2.36. The summed E-state index contributed by atoms with van der Waals surface area (Å²) in [6.07, 6.45) is 0.0306. The van der Waals surface area contributed by atoms with Crippen molar-refractivity contribution in [2.24, 2.45) is 0 Å². The van der Waals surface area contributed by atoms with Crippen LogP contribution in [0.2, 0.25) is 0 Å². The molecule has 0 bridgehead atoms. The average Bonchev–Trinajstić information content (AvgIpc) is 3.11. The standard InChI is InChI=1S/C13H18N4O4S2/c1-2-3-22-23-12-8-11(14-5-15-12)17(6-16-8)13-10(20)9(19)7(4-18)21-13/h5-7,9-10,13,18-20H,2-4H2,1H3/t7-,9-,10-,13-/m1/s1. The smallest absolute Gasteiger partial charge is 0.166 e. The van der Waals surface area contributed by atoms with Crippen LogP contribution in [0.15, 0.2) is 17.7 Å². The van der Waals surface area contributed by atoms with E-state index in [0.717, 1.165) is 17.2 Å². The van der Waals surface area contributed by atoms with Crippen LogP contribution in [0.4, 0.5) is 0 Å². The Labute approximate surface area is 140 Å². The molecule has 1 fully saturated rings. The molecule has 126 valence electrons. The number of nitrogens with zero attached hydrogens (tertiary/aromatic N) is 4. The van der Waals surface area contributed by atoms with Gasteiger partial charge in [-0.25, -0.2) is 15.0 Å². The summed E-state index contributed by atoms with van der Waals surface area (Å²) in [5.74, 6) is 1.01. The fraction of sp³-hybridized carbons (Fsp3) is 0.615. The van der Waals surface area contributed by atoms with Crippen molar-refractivity contribution in [2.45, 2.75) is 42.9 Å². The Kier molecular flexibility index (Phi) is 5.39. The molecule has 0 aromatic carbocycles. The Balaban J connectivity index is 1.90. The first-order valence-corrected chi connectivity index (χ1v) is 9.58. The first-order valence-electron chi connectivity index (χ1n) is 7.26. The molecule has 3 heterocycles. The highest BCUT2D eigenvalue weighted by molar-refractivity contribution is 8.76. The van der Waals surface area contributed by atoms with Gasteiger partial charge >= 0.3 is 0 Å². The molecule has 0 aliphatic carbocycles. The second-order valence-corrected chi connectivity index (χ2v) is 7.54. The Morgan fingerprint density at radius 3 is 2.78 bits per heavy atom. The number of aliphatic hydroxyl groups is 3. The minimum Gasteiger partial charge on any atom is -0.394 e. The molecule has 1 aliphatic heterocycles. The topological polar surface area (TPSA) is 114 Å². The number of rotatable bonds is 6. The van der Waals surface area contributed by atoms with Crippen LogP contribution in [0.25, 0.3) is 11.2 Å². The van der Waals surface area contributed by atoms with Crippen molar-refractivity contribution in [2.75, 3.05) is 12.4 Å². The van der Waals surface area contributed by atoms with Gasteiger partial charge in [-0.3, -0.25) is 4.57 Å². The van der Waals surface area contributed by atoms with E-state index in [4.69, 9.17) is 4.74 Å². The largest absolute Gasteiger partial charge is 0.394 e. The van der Waals surface area contributed by atoms with Crippen LogP contribution in [0.5, 0.6) is 0 Å². The van der Waals surface area contributed by atoms with Gasteiger partial charge < -0.3 is 20.1 Å². The molecular formula is C13H18N4O4S2. The molecule has 0 amide bonds. The summed E-state index contributed by atoms with van der Waals surface area (Å²) in [4.78, 5) is 12.8. The Morgan fingerprint density at radius 2 is 2.09 bits per heavy atom. The predicted molar refractivity (Wildman–Crippen MR) is 86.9 cm³/mol. The van der Waals surface area contributed by atoms with E-state index < -0.39 is 24.5 Å². The summed E-state index contributed by atoms with van der Waals surface area (Å²) in [5.41, 5.74) is 1.15. The van der Waals surface area contributed by atoms with E-state index in [0.29, 0.717) is 11.2 Å². The highest BCUT2D eigenvalue weighted by Gasteiger charge is 2.44. The third kappa shape index (κ3) is 3.19. The third-order valence-corrected chi connectivity index (χ3v) is 6.02. The number of aromatic nitrogens is 4. The fourth-order valence-electron chi connectivity index (χ4n) is 2.37. The van der Waals surface area contributed by atoms with Crippen LogP contribution < -0.4 is 0 Å². The molecule has 0 radical (unpaired) electrons. The maximum absolute atomic E-state index is 10.1. The molecule has 0 unspecified atom stereocenters. The molecule has 2 aromatic rings. The van der Waals surface area contributed by atoms with Crippen molar-refractivity contribution in [3.8, 4) is 0 Å². The van der Waals surface area contributed by atoms with Gasteiger partial charge in [-0.05, 0) is 17.2 Å². The number of ether oxygens (including phenoxy) is 1. The summed E-state index contributed by atoms with van der Waals surface area (Å²) in [6.45, 7) is 1.74. The van der Waals surface area contributed by atoms with Gasteiger partial charge in [0.05, 0.1) is 12.9 Å². The molecule has 4 atom stereocenters. The van der Waals surface area contributed by atoms with Crippen molar-refractivity contribution in [3.63, 3.8) is 0 Å². The second kappa shape index (κ2) is 7.32. The normalized spacial score (nSPS) is 27.8. The maximum Gasteiger partial charge on any atom is 0.166 e.